The van der Waals surface area contributed by atoms with Crippen molar-refractivity contribution in [1.82, 2.24) is 9.90 Å². The summed E-state index contributed by atoms with van der Waals surface area (Å²) in [5.41, 5.74) is 2.89. The maximum Gasteiger partial charge on any atom is 0.222 e. The number of hydrogen-bond donors (Lipinski definition) is 0. The molecule has 3 aromatic rings. The van der Waals surface area contributed by atoms with Crippen LogP contribution in [-0.2, 0) is 0 Å². The first kappa shape index (κ1) is 15.2. The Morgan fingerprint density at radius 1 is 1.09 bits per heavy atom. The standard InChI is InChI=1S/C17H15ClN4O/c1-12-13(2)21(20-17(23)14-6-4-3-5-7-14)22(19-12)16-10-8-15(18)9-11-16/h3-11H,1-2H3. The van der Waals surface area contributed by atoms with Gasteiger partial charge in [-0.05, 0) is 34.6 Å². The van der Waals surface area contributed by atoms with Crippen LogP contribution in [-0.4, -0.2) is 15.8 Å². The van der Waals surface area contributed by atoms with Gasteiger partial charge < -0.3 is 5.11 Å². The summed E-state index contributed by atoms with van der Waals surface area (Å²) in [5, 5.41) is 21.6. The molecule has 5 nitrogen and oxygen atoms in total. The molecule has 0 fully saturated rings. The zero-order chi connectivity index (χ0) is 16.4. The maximum atomic E-state index is 12.4. The Balaban J connectivity index is 2.10. The summed E-state index contributed by atoms with van der Waals surface area (Å²) < 4.78 is 0. The Bertz CT molecular complexity index is 854. The van der Waals surface area contributed by atoms with Crippen molar-refractivity contribution in [2.45, 2.75) is 13.8 Å². The third-order valence-corrected chi connectivity index (χ3v) is 3.76. The largest absolute Gasteiger partial charge is 0.856 e. The number of hydrogen-bond acceptors (Lipinski definition) is 3. The lowest BCUT2D eigenvalue weighted by molar-refractivity contribution is -0.762. The third-order valence-electron chi connectivity index (χ3n) is 3.51. The molecule has 2 aromatic carbocycles. The topological polar surface area (TPSA) is 57.1 Å². The highest BCUT2D eigenvalue weighted by atomic mass is 35.5. The Morgan fingerprint density at radius 3 is 2.39 bits per heavy atom. The molecule has 1 aromatic heterocycles. The molecule has 0 aliphatic heterocycles. The van der Waals surface area contributed by atoms with Crippen LogP contribution in [0.5, 0.6) is 0 Å². The van der Waals surface area contributed by atoms with Crippen LogP contribution in [0.15, 0.2) is 59.7 Å². The highest BCUT2D eigenvalue weighted by Gasteiger charge is 2.21. The van der Waals surface area contributed by atoms with E-state index >= 15 is 0 Å². The van der Waals surface area contributed by atoms with Crippen LogP contribution in [0.1, 0.15) is 17.0 Å². The second-order valence-corrected chi connectivity index (χ2v) is 5.53. The number of aryl methyl sites for hydroxylation is 1. The Labute approximate surface area is 139 Å². The normalized spacial score (nSPS) is 11.7. The van der Waals surface area contributed by atoms with Crippen molar-refractivity contribution in [2.24, 2.45) is 5.10 Å². The van der Waals surface area contributed by atoms with Crippen LogP contribution in [0, 0.1) is 13.8 Å². The van der Waals surface area contributed by atoms with Crippen molar-refractivity contribution in [3.05, 3.63) is 76.6 Å². The van der Waals surface area contributed by atoms with E-state index in [1.54, 1.807) is 29.1 Å². The van der Waals surface area contributed by atoms with Crippen LogP contribution in [0.2, 0.25) is 5.02 Å². The van der Waals surface area contributed by atoms with Crippen molar-refractivity contribution >= 4 is 17.5 Å². The van der Waals surface area contributed by atoms with Crippen LogP contribution >= 0.6 is 11.6 Å². The maximum absolute atomic E-state index is 12.4. The first-order valence-electron chi connectivity index (χ1n) is 7.12. The Kier molecular flexibility index (Phi) is 4.12. The number of nitrogens with zero attached hydrogens (tertiary/aromatic N) is 4. The van der Waals surface area contributed by atoms with E-state index in [1.165, 1.54) is 4.79 Å². The molecule has 116 valence electrons. The molecule has 0 aliphatic carbocycles. The van der Waals surface area contributed by atoms with E-state index in [9.17, 15) is 5.11 Å². The molecule has 0 unspecified atom stereocenters. The molecule has 0 spiro atoms. The van der Waals surface area contributed by atoms with Gasteiger partial charge in [0.05, 0.1) is 5.10 Å². The summed E-state index contributed by atoms with van der Waals surface area (Å²) in [7, 11) is 0. The summed E-state index contributed by atoms with van der Waals surface area (Å²) in [4.78, 5) is 3.09. The van der Waals surface area contributed by atoms with Gasteiger partial charge in [0, 0.05) is 29.6 Å². The molecule has 3 rings (SSSR count). The van der Waals surface area contributed by atoms with Gasteiger partial charge in [0.25, 0.3) is 0 Å². The molecule has 0 atom stereocenters. The zero-order valence-electron chi connectivity index (χ0n) is 12.8. The first-order chi connectivity index (χ1) is 11.1. The van der Waals surface area contributed by atoms with Crippen molar-refractivity contribution in [1.29, 1.82) is 0 Å². The molecule has 6 heteroatoms. The number of rotatable bonds is 3. The van der Waals surface area contributed by atoms with Gasteiger partial charge in [-0.3, -0.25) is 0 Å². The Morgan fingerprint density at radius 2 is 1.74 bits per heavy atom. The van der Waals surface area contributed by atoms with E-state index in [1.807, 2.05) is 44.2 Å². The molecule has 0 saturated carbocycles. The molecule has 0 aliphatic rings. The zero-order valence-corrected chi connectivity index (χ0v) is 13.5. The average Bonchev–Trinajstić information content (AvgIpc) is 2.85. The van der Waals surface area contributed by atoms with Crippen molar-refractivity contribution < 1.29 is 9.90 Å². The third kappa shape index (κ3) is 3.10. The fourth-order valence-electron chi connectivity index (χ4n) is 2.13. The highest BCUT2D eigenvalue weighted by Crippen LogP contribution is 2.12. The van der Waals surface area contributed by atoms with E-state index in [0.717, 1.165) is 17.1 Å². The van der Waals surface area contributed by atoms with Crippen molar-refractivity contribution in [2.75, 3.05) is 0 Å². The van der Waals surface area contributed by atoms with Crippen LogP contribution in [0.3, 0.4) is 0 Å². The summed E-state index contributed by atoms with van der Waals surface area (Å²) in [5.74, 6) is -0.325. The van der Waals surface area contributed by atoms with Gasteiger partial charge in [-0.25, -0.2) is 0 Å². The van der Waals surface area contributed by atoms with Crippen molar-refractivity contribution in [3.63, 3.8) is 0 Å². The van der Waals surface area contributed by atoms with E-state index in [4.69, 9.17) is 11.6 Å². The Hall–Kier alpha value is -2.66. The first-order valence-corrected chi connectivity index (χ1v) is 7.50. The number of aromatic nitrogens is 3. The van der Waals surface area contributed by atoms with E-state index in [0.29, 0.717) is 10.6 Å². The second-order valence-electron chi connectivity index (χ2n) is 5.10. The lowest BCUT2D eigenvalue weighted by Gasteiger charge is -2.08. The molecule has 1 heterocycles. The lowest BCUT2D eigenvalue weighted by Crippen LogP contribution is -2.43. The predicted molar refractivity (Wildman–Crippen MR) is 86.6 cm³/mol. The predicted octanol–water partition coefficient (Wildman–Crippen LogP) is 2.00. The molecule has 0 radical (unpaired) electrons. The summed E-state index contributed by atoms with van der Waals surface area (Å²) in [6, 6.07) is 16.1. The van der Waals surface area contributed by atoms with Gasteiger partial charge in [0.15, 0.2) is 0 Å². The van der Waals surface area contributed by atoms with Gasteiger partial charge in [-0.2, -0.15) is 0 Å². The molecule has 0 saturated heterocycles. The van der Waals surface area contributed by atoms with Gasteiger partial charge in [-0.1, -0.05) is 47.0 Å². The number of halogens is 1. The summed E-state index contributed by atoms with van der Waals surface area (Å²) >= 11 is 5.93. The summed E-state index contributed by atoms with van der Waals surface area (Å²) in [6.45, 7) is 3.75. The monoisotopic (exact) mass is 326 g/mol. The van der Waals surface area contributed by atoms with E-state index in [2.05, 4.69) is 10.2 Å². The van der Waals surface area contributed by atoms with Gasteiger partial charge in [0.1, 0.15) is 5.69 Å². The van der Waals surface area contributed by atoms with Gasteiger partial charge >= 0.3 is 0 Å². The fraction of sp³-hybridized carbons (Fsp3) is 0.118. The SMILES string of the molecule is Cc1nn(-c2ccc(Cl)cc2)[n+](/N=C(\[O-])c2ccccc2)c1C. The fourth-order valence-corrected chi connectivity index (χ4v) is 2.25. The van der Waals surface area contributed by atoms with Crippen molar-refractivity contribution in [3.8, 4) is 5.69 Å². The van der Waals surface area contributed by atoms with Gasteiger partial charge in [0.2, 0.25) is 11.4 Å². The van der Waals surface area contributed by atoms with E-state index in [-0.39, 0.29) is 5.90 Å². The highest BCUT2D eigenvalue weighted by molar-refractivity contribution is 6.30. The minimum Gasteiger partial charge on any atom is -0.856 e. The van der Waals surface area contributed by atoms with Crippen LogP contribution < -0.4 is 9.90 Å². The second kappa shape index (κ2) is 6.22. The van der Waals surface area contributed by atoms with Crippen LogP contribution in [0.25, 0.3) is 5.69 Å². The quantitative estimate of drug-likeness (QED) is 0.420. The average molecular weight is 327 g/mol. The minimum atomic E-state index is -0.325. The summed E-state index contributed by atoms with van der Waals surface area (Å²) in [6.07, 6.45) is 0. The van der Waals surface area contributed by atoms with E-state index < -0.39 is 0 Å². The minimum absolute atomic E-state index is 0.325. The van der Waals surface area contributed by atoms with Gasteiger partial charge in [-0.15, -0.1) is 0 Å². The molecular weight excluding hydrogens is 312 g/mol. The molecule has 0 bridgehead atoms. The number of benzene rings is 2. The lowest BCUT2D eigenvalue weighted by atomic mass is 10.2. The molecule has 23 heavy (non-hydrogen) atoms. The molecule has 0 N–H and O–H groups in total. The molecule has 0 amide bonds. The smallest absolute Gasteiger partial charge is 0.222 e. The molecular formula is C17H15ClN4O. The van der Waals surface area contributed by atoms with Crippen LogP contribution in [0.4, 0.5) is 0 Å².